The third-order valence-corrected chi connectivity index (χ3v) is 2.18. The normalized spacial score (nSPS) is 11.5. The van der Waals surface area contributed by atoms with Crippen LogP contribution >= 0.6 is 15.9 Å². The molecule has 0 amide bonds. The van der Waals surface area contributed by atoms with E-state index in [1.807, 2.05) is 6.07 Å². The van der Waals surface area contributed by atoms with Crippen molar-refractivity contribution in [2.45, 2.75) is 6.29 Å². The average molecular weight is 273 g/mol. The van der Waals surface area contributed by atoms with E-state index in [0.717, 1.165) is 10.0 Å². The predicted octanol–water partition coefficient (Wildman–Crippen LogP) is 1.88. The van der Waals surface area contributed by atoms with E-state index in [0.29, 0.717) is 6.54 Å². The number of aromatic nitrogens is 1. The van der Waals surface area contributed by atoms with Gasteiger partial charge in [-0.05, 0) is 22.0 Å². The van der Waals surface area contributed by atoms with Gasteiger partial charge in [-0.1, -0.05) is 0 Å². The fourth-order valence-electron chi connectivity index (χ4n) is 0.988. The first kappa shape index (κ1) is 12.3. The van der Waals surface area contributed by atoms with Crippen molar-refractivity contribution < 1.29 is 9.47 Å². The van der Waals surface area contributed by atoms with E-state index < -0.39 is 0 Å². The SMILES string of the molecule is COC(C/N=C\c1cncc(Br)c1)OC. The third kappa shape index (κ3) is 4.51. The van der Waals surface area contributed by atoms with E-state index in [9.17, 15) is 0 Å². The highest BCUT2D eigenvalue weighted by Crippen LogP contribution is 2.07. The molecule has 0 radical (unpaired) electrons. The Hall–Kier alpha value is -0.780. The van der Waals surface area contributed by atoms with Crippen LogP contribution < -0.4 is 0 Å². The maximum Gasteiger partial charge on any atom is 0.176 e. The van der Waals surface area contributed by atoms with E-state index >= 15 is 0 Å². The van der Waals surface area contributed by atoms with Crippen LogP contribution in [0.4, 0.5) is 0 Å². The first-order valence-electron chi connectivity index (χ1n) is 4.42. The van der Waals surface area contributed by atoms with Gasteiger partial charge in [0.15, 0.2) is 6.29 Å². The van der Waals surface area contributed by atoms with E-state index in [1.165, 1.54) is 0 Å². The molecule has 0 saturated carbocycles. The van der Waals surface area contributed by atoms with Crippen molar-refractivity contribution in [2.24, 2.45) is 4.99 Å². The summed E-state index contributed by atoms with van der Waals surface area (Å²) in [5.74, 6) is 0. The fraction of sp³-hybridized carbons (Fsp3) is 0.400. The second kappa shape index (κ2) is 6.66. The molecule has 0 aromatic carbocycles. The zero-order valence-electron chi connectivity index (χ0n) is 8.68. The van der Waals surface area contributed by atoms with Gasteiger partial charge in [0.05, 0.1) is 6.54 Å². The summed E-state index contributed by atoms with van der Waals surface area (Å²) >= 11 is 3.34. The van der Waals surface area contributed by atoms with Gasteiger partial charge in [-0.25, -0.2) is 0 Å². The van der Waals surface area contributed by atoms with Gasteiger partial charge in [0.25, 0.3) is 0 Å². The molecule has 0 spiro atoms. The lowest BCUT2D eigenvalue weighted by Crippen LogP contribution is -2.16. The molecule has 1 heterocycles. The van der Waals surface area contributed by atoms with Crippen LogP contribution in [0.2, 0.25) is 0 Å². The molecule has 1 rings (SSSR count). The topological polar surface area (TPSA) is 43.7 Å². The van der Waals surface area contributed by atoms with Crippen LogP contribution in [0.25, 0.3) is 0 Å². The molecule has 5 heteroatoms. The number of hydrogen-bond donors (Lipinski definition) is 0. The van der Waals surface area contributed by atoms with Crippen molar-refractivity contribution in [3.63, 3.8) is 0 Å². The molecule has 0 aliphatic carbocycles. The van der Waals surface area contributed by atoms with E-state index in [4.69, 9.17) is 9.47 Å². The monoisotopic (exact) mass is 272 g/mol. The third-order valence-electron chi connectivity index (χ3n) is 1.75. The van der Waals surface area contributed by atoms with E-state index in [-0.39, 0.29) is 6.29 Å². The van der Waals surface area contributed by atoms with Crippen LogP contribution in [0.5, 0.6) is 0 Å². The van der Waals surface area contributed by atoms with Crippen LogP contribution in [0.15, 0.2) is 27.9 Å². The molecule has 15 heavy (non-hydrogen) atoms. The molecule has 0 fully saturated rings. The molecule has 0 aliphatic heterocycles. The molecule has 0 unspecified atom stereocenters. The van der Waals surface area contributed by atoms with Gasteiger partial charge in [0.2, 0.25) is 0 Å². The summed E-state index contributed by atoms with van der Waals surface area (Å²) in [6, 6.07) is 1.94. The Balaban J connectivity index is 2.50. The maximum atomic E-state index is 5.00. The molecule has 0 N–H and O–H groups in total. The Morgan fingerprint density at radius 3 is 2.80 bits per heavy atom. The zero-order chi connectivity index (χ0) is 11.1. The molecule has 82 valence electrons. The number of pyridine rings is 1. The number of methoxy groups -OCH3 is 2. The summed E-state index contributed by atoms with van der Waals surface area (Å²) in [6.45, 7) is 0.472. The predicted molar refractivity (Wildman–Crippen MR) is 62.2 cm³/mol. The first-order chi connectivity index (χ1) is 7.26. The van der Waals surface area contributed by atoms with Crippen LogP contribution in [0, 0.1) is 0 Å². The number of halogens is 1. The number of rotatable bonds is 5. The second-order valence-corrected chi connectivity index (χ2v) is 3.75. The minimum Gasteiger partial charge on any atom is -0.354 e. The Morgan fingerprint density at radius 2 is 2.20 bits per heavy atom. The molecule has 0 atom stereocenters. The lowest BCUT2D eigenvalue weighted by Gasteiger charge is -2.09. The molecule has 0 aliphatic rings. The van der Waals surface area contributed by atoms with Gasteiger partial charge in [-0.15, -0.1) is 0 Å². The summed E-state index contributed by atoms with van der Waals surface area (Å²) in [6.07, 6.45) is 4.91. The van der Waals surface area contributed by atoms with Crippen LogP contribution in [0.3, 0.4) is 0 Å². The Kier molecular flexibility index (Phi) is 5.45. The van der Waals surface area contributed by atoms with Gasteiger partial charge >= 0.3 is 0 Å². The molecule has 0 saturated heterocycles. The van der Waals surface area contributed by atoms with Crippen molar-refractivity contribution in [1.82, 2.24) is 4.98 Å². The minimum atomic E-state index is -0.290. The fourth-order valence-corrected chi connectivity index (χ4v) is 1.37. The number of aliphatic imine (C=N–C) groups is 1. The Bertz CT molecular complexity index is 327. The van der Waals surface area contributed by atoms with Crippen molar-refractivity contribution in [3.05, 3.63) is 28.5 Å². The standard InChI is InChI=1S/C10H13BrN2O2/c1-14-10(15-2)7-13-5-8-3-9(11)6-12-4-8/h3-6,10H,7H2,1-2H3/b13-5-. The molecule has 0 bridgehead atoms. The summed E-state index contributed by atoms with van der Waals surface area (Å²) < 4.78 is 10.9. The highest BCUT2D eigenvalue weighted by Gasteiger charge is 2.01. The molecular formula is C10H13BrN2O2. The minimum absolute atomic E-state index is 0.290. The van der Waals surface area contributed by atoms with Gasteiger partial charge in [0.1, 0.15) is 0 Å². The van der Waals surface area contributed by atoms with Gasteiger partial charge in [-0.2, -0.15) is 0 Å². The van der Waals surface area contributed by atoms with Crippen molar-refractivity contribution in [2.75, 3.05) is 20.8 Å². The van der Waals surface area contributed by atoms with Crippen LogP contribution in [0.1, 0.15) is 5.56 Å². The second-order valence-electron chi connectivity index (χ2n) is 2.83. The molecule has 4 nitrogen and oxygen atoms in total. The lowest BCUT2D eigenvalue weighted by molar-refractivity contribution is -0.0936. The summed E-state index contributed by atoms with van der Waals surface area (Å²) in [7, 11) is 3.18. The smallest absolute Gasteiger partial charge is 0.176 e. The average Bonchev–Trinajstić information content (AvgIpc) is 2.25. The lowest BCUT2D eigenvalue weighted by atomic mass is 10.3. The van der Waals surface area contributed by atoms with E-state index in [2.05, 4.69) is 25.9 Å². The highest BCUT2D eigenvalue weighted by atomic mass is 79.9. The quantitative estimate of drug-likeness (QED) is 0.607. The summed E-state index contributed by atoms with van der Waals surface area (Å²) in [5, 5.41) is 0. The van der Waals surface area contributed by atoms with Crippen molar-refractivity contribution in [3.8, 4) is 0 Å². The van der Waals surface area contributed by atoms with Crippen molar-refractivity contribution >= 4 is 22.1 Å². The first-order valence-corrected chi connectivity index (χ1v) is 5.21. The van der Waals surface area contributed by atoms with Crippen molar-refractivity contribution in [1.29, 1.82) is 0 Å². The highest BCUT2D eigenvalue weighted by molar-refractivity contribution is 9.10. The van der Waals surface area contributed by atoms with Crippen LogP contribution in [-0.2, 0) is 9.47 Å². The van der Waals surface area contributed by atoms with Gasteiger partial charge in [0, 0.05) is 42.9 Å². The summed E-state index contributed by atoms with van der Waals surface area (Å²) in [4.78, 5) is 8.21. The number of hydrogen-bond acceptors (Lipinski definition) is 4. The Morgan fingerprint density at radius 1 is 1.47 bits per heavy atom. The molecule has 1 aromatic rings. The Labute approximate surface area is 97.5 Å². The number of nitrogens with zero attached hydrogens (tertiary/aromatic N) is 2. The molecular weight excluding hydrogens is 260 g/mol. The number of ether oxygens (including phenoxy) is 2. The zero-order valence-corrected chi connectivity index (χ0v) is 10.3. The summed E-state index contributed by atoms with van der Waals surface area (Å²) in [5.41, 5.74) is 0.940. The maximum absolute atomic E-state index is 5.00. The molecule has 1 aromatic heterocycles. The van der Waals surface area contributed by atoms with Crippen LogP contribution in [-0.4, -0.2) is 38.3 Å². The van der Waals surface area contributed by atoms with Gasteiger partial charge in [-0.3, -0.25) is 9.98 Å². The van der Waals surface area contributed by atoms with Gasteiger partial charge < -0.3 is 9.47 Å². The van der Waals surface area contributed by atoms with E-state index in [1.54, 1.807) is 32.8 Å². The largest absolute Gasteiger partial charge is 0.354 e.